The topological polar surface area (TPSA) is 77.6 Å². The van der Waals surface area contributed by atoms with Crippen LogP contribution in [0.2, 0.25) is 0 Å². The van der Waals surface area contributed by atoms with E-state index in [4.69, 9.17) is 9.88 Å². The molecule has 0 radical (unpaired) electrons. The molecule has 1 unspecified atom stereocenters. The average molecular weight is 445 g/mol. The third kappa shape index (κ3) is 4.04. The van der Waals surface area contributed by atoms with Crippen molar-refractivity contribution in [2.45, 2.75) is 19.9 Å². The van der Waals surface area contributed by atoms with Gasteiger partial charge < -0.3 is 4.74 Å². The standard InChI is InChI=1S/C22H21F2N3O3S/c1-13-7-15(9-16(23)8-13)17-10-21(30-2)20(11-18(17)24)27-19-5-6-26(31(25)29)12-14(19)3-4-22(27)28/h3-4,7-11H,5-6,12,25H2,1-2H3. The second kappa shape index (κ2) is 8.33. The number of rotatable bonds is 4. The molecule has 2 aromatic carbocycles. The van der Waals surface area contributed by atoms with Crippen LogP contribution >= 0.6 is 0 Å². The number of methoxy groups -OCH3 is 1. The number of fused-ring (bicyclic) bond motifs is 1. The molecule has 4 rings (SSSR count). The zero-order valence-corrected chi connectivity index (χ0v) is 17.8. The molecule has 6 nitrogen and oxygen atoms in total. The maximum atomic E-state index is 15.2. The molecular weight excluding hydrogens is 424 g/mol. The molecule has 0 saturated carbocycles. The molecule has 31 heavy (non-hydrogen) atoms. The molecule has 162 valence electrons. The Morgan fingerprint density at radius 2 is 1.90 bits per heavy atom. The summed E-state index contributed by atoms with van der Waals surface area (Å²) in [7, 11) is 1.43. The van der Waals surface area contributed by atoms with Crippen molar-refractivity contribution in [1.29, 1.82) is 0 Å². The Morgan fingerprint density at radius 1 is 1.13 bits per heavy atom. The lowest BCUT2D eigenvalue weighted by Crippen LogP contribution is -2.38. The number of pyridine rings is 1. The second-order valence-corrected chi connectivity index (χ2v) is 8.46. The third-order valence-electron chi connectivity index (χ3n) is 5.35. The van der Waals surface area contributed by atoms with Crippen LogP contribution in [-0.4, -0.2) is 26.7 Å². The van der Waals surface area contributed by atoms with Crippen LogP contribution in [0.1, 0.15) is 16.8 Å². The number of nitrogens with zero attached hydrogens (tertiary/aromatic N) is 2. The normalized spacial score (nSPS) is 14.9. The molecule has 3 aromatic rings. The predicted octanol–water partition coefficient (Wildman–Crippen LogP) is 3.00. The molecule has 0 amide bonds. The van der Waals surface area contributed by atoms with Crippen LogP contribution in [0.15, 0.2) is 47.3 Å². The van der Waals surface area contributed by atoms with Gasteiger partial charge in [-0.15, -0.1) is 0 Å². The van der Waals surface area contributed by atoms with Gasteiger partial charge in [-0.05, 0) is 41.8 Å². The van der Waals surface area contributed by atoms with Gasteiger partial charge in [0.25, 0.3) is 5.56 Å². The maximum absolute atomic E-state index is 15.2. The Kier molecular flexibility index (Phi) is 5.74. The van der Waals surface area contributed by atoms with Gasteiger partial charge in [-0.1, -0.05) is 12.1 Å². The molecule has 2 N–H and O–H groups in total. The Hall–Kier alpha value is -2.88. The average Bonchev–Trinajstić information content (AvgIpc) is 2.72. The van der Waals surface area contributed by atoms with Crippen molar-refractivity contribution >= 4 is 11.2 Å². The quantitative estimate of drug-likeness (QED) is 0.671. The summed E-state index contributed by atoms with van der Waals surface area (Å²) in [5.74, 6) is -0.794. The Bertz CT molecular complexity index is 1240. The monoisotopic (exact) mass is 445 g/mol. The Morgan fingerprint density at radius 3 is 2.58 bits per heavy atom. The second-order valence-electron chi connectivity index (χ2n) is 7.39. The first-order valence-electron chi connectivity index (χ1n) is 9.59. The molecule has 1 aromatic heterocycles. The molecule has 1 aliphatic rings. The van der Waals surface area contributed by atoms with Crippen LogP contribution in [0.25, 0.3) is 16.8 Å². The van der Waals surface area contributed by atoms with Crippen molar-refractivity contribution in [3.8, 4) is 22.6 Å². The number of hydrogen-bond acceptors (Lipinski definition) is 3. The predicted molar refractivity (Wildman–Crippen MR) is 115 cm³/mol. The summed E-state index contributed by atoms with van der Waals surface area (Å²) in [6.45, 7) is 2.43. The van der Waals surface area contributed by atoms with Crippen molar-refractivity contribution in [3.63, 3.8) is 0 Å². The number of hydrogen-bond donors (Lipinski definition) is 1. The van der Waals surface area contributed by atoms with E-state index in [1.54, 1.807) is 23.4 Å². The fraction of sp³-hybridized carbons (Fsp3) is 0.227. The van der Waals surface area contributed by atoms with E-state index >= 15 is 4.39 Å². The highest BCUT2D eigenvalue weighted by Crippen LogP contribution is 2.34. The van der Waals surface area contributed by atoms with E-state index in [2.05, 4.69) is 0 Å². The van der Waals surface area contributed by atoms with Crippen molar-refractivity contribution < 1.29 is 17.7 Å². The minimum atomic E-state index is -1.62. The molecule has 1 atom stereocenters. The molecule has 0 spiro atoms. The van der Waals surface area contributed by atoms with Crippen molar-refractivity contribution in [3.05, 3.63) is 81.3 Å². The highest BCUT2D eigenvalue weighted by atomic mass is 32.2. The molecule has 0 fully saturated rings. The first kappa shape index (κ1) is 21.4. The van der Waals surface area contributed by atoms with Gasteiger partial charge >= 0.3 is 0 Å². The summed E-state index contributed by atoms with van der Waals surface area (Å²) in [4.78, 5) is 12.8. The first-order chi connectivity index (χ1) is 14.8. The summed E-state index contributed by atoms with van der Waals surface area (Å²) >= 11 is -1.62. The minimum Gasteiger partial charge on any atom is -0.495 e. The summed E-state index contributed by atoms with van der Waals surface area (Å²) in [5, 5.41) is 5.50. The van der Waals surface area contributed by atoms with Crippen LogP contribution in [0.5, 0.6) is 5.75 Å². The van der Waals surface area contributed by atoms with Crippen molar-refractivity contribution in [1.82, 2.24) is 8.87 Å². The zero-order chi connectivity index (χ0) is 22.3. The van der Waals surface area contributed by atoms with E-state index in [1.807, 2.05) is 0 Å². The first-order valence-corrected chi connectivity index (χ1v) is 10.8. The van der Waals surface area contributed by atoms with E-state index in [-0.39, 0.29) is 22.6 Å². The number of aromatic nitrogens is 1. The van der Waals surface area contributed by atoms with Crippen LogP contribution in [0.3, 0.4) is 0 Å². The minimum absolute atomic E-state index is 0.172. The van der Waals surface area contributed by atoms with Gasteiger partial charge in [0.05, 0.1) is 12.8 Å². The van der Waals surface area contributed by atoms with Crippen LogP contribution < -0.4 is 15.4 Å². The number of benzene rings is 2. The Labute approximate surface area is 180 Å². The fourth-order valence-electron chi connectivity index (χ4n) is 3.95. The summed E-state index contributed by atoms with van der Waals surface area (Å²) in [6.07, 6.45) is 0.407. The van der Waals surface area contributed by atoms with Crippen LogP contribution in [-0.2, 0) is 24.1 Å². The van der Waals surface area contributed by atoms with E-state index < -0.39 is 22.8 Å². The van der Waals surface area contributed by atoms with Gasteiger partial charge in [-0.25, -0.2) is 22.4 Å². The zero-order valence-electron chi connectivity index (χ0n) is 17.0. The molecule has 0 aliphatic carbocycles. The number of nitrogens with two attached hydrogens (primary N) is 1. The molecule has 1 aliphatic heterocycles. The molecular formula is C22H21F2N3O3S. The summed E-state index contributed by atoms with van der Waals surface area (Å²) in [6, 6.07) is 10.0. The molecule has 0 saturated heterocycles. The van der Waals surface area contributed by atoms with Gasteiger partial charge in [0, 0.05) is 42.9 Å². The molecule has 9 heteroatoms. The van der Waals surface area contributed by atoms with E-state index in [0.29, 0.717) is 36.3 Å². The van der Waals surface area contributed by atoms with Crippen molar-refractivity contribution in [2.75, 3.05) is 13.7 Å². The lowest BCUT2D eigenvalue weighted by molar-refractivity contribution is 0.403. The summed E-state index contributed by atoms with van der Waals surface area (Å²) in [5.41, 5.74) is 2.58. The molecule has 2 heterocycles. The largest absolute Gasteiger partial charge is 0.495 e. The smallest absolute Gasteiger partial charge is 0.255 e. The van der Waals surface area contributed by atoms with Gasteiger partial charge in [0.1, 0.15) is 17.4 Å². The number of ether oxygens (including phenoxy) is 1. The van der Waals surface area contributed by atoms with Gasteiger partial charge in [0.15, 0.2) is 11.2 Å². The van der Waals surface area contributed by atoms with E-state index in [0.717, 1.165) is 5.56 Å². The van der Waals surface area contributed by atoms with Crippen molar-refractivity contribution in [2.24, 2.45) is 5.14 Å². The number of aryl methyl sites for hydroxylation is 1. The maximum Gasteiger partial charge on any atom is 0.255 e. The highest BCUT2D eigenvalue weighted by Gasteiger charge is 2.24. The van der Waals surface area contributed by atoms with E-state index in [9.17, 15) is 13.4 Å². The van der Waals surface area contributed by atoms with E-state index in [1.165, 1.54) is 42.0 Å². The van der Waals surface area contributed by atoms with Crippen LogP contribution in [0, 0.1) is 18.6 Å². The number of halogens is 2. The molecule has 0 bridgehead atoms. The highest BCUT2D eigenvalue weighted by molar-refractivity contribution is 7.80. The fourth-order valence-corrected chi connectivity index (χ4v) is 4.48. The van der Waals surface area contributed by atoms with Gasteiger partial charge in [-0.3, -0.25) is 9.36 Å². The summed E-state index contributed by atoms with van der Waals surface area (Å²) < 4.78 is 49.2. The lowest BCUT2D eigenvalue weighted by Gasteiger charge is -2.28. The third-order valence-corrected chi connectivity index (χ3v) is 6.17. The van der Waals surface area contributed by atoms with Gasteiger partial charge in [-0.2, -0.15) is 0 Å². The van der Waals surface area contributed by atoms with Crippen LogP contribution in [0.4, 0.5) is 8.78 Å². The Balaban J connectivity index is 1.88. The van der Waals surface area contributed by atoms with Gasteiger partial charge in [0.2, 0.25) is 0 Å². The lowest BCUT2D eigenvalue weighted by atomic mass is 10.0. The SMILES string of the molecule is COc1cc(-c2cc(C)cc(F)c2)c(F)cc1-n1c2c(ccc1=O)CN(S(N)=O)CC2.